The van der Waals surface area contributed by atoms with E-state index in [1.54, 1.807) is 6.92 Å². The van der Waals surface area contributed by atoms with Crippen LogP contribution >= 0.6 is 0 Å². The van der Waals surface area contributed by atoms with Gasteiger partial charge in [-0.3, -0.25) is 0 Å². The van der Waals surface area contributed by atoms with Crippen molar-refractivity contribution in [3.8, 4) is 0 Å². The molecule has 0 rings (SSSR count). The van der Waals surface area contributed by atoms with E-state index < -0.39 is 9.84 Å². The molecule has 0 spiro atoms. The van der Waals surface area contributed by atoms with E-state index in [4.69, 9.17) is 5.73 Å². The molecule has 1 unspecified atom stereocenters. The minimum absolute atomic E-state index is 0.0533. The summed E-state index contributed by atoms with van der Waals surface area (Å²) in [6, 6.07) is 0. The van der Waals surface area contributed by atoms with Crippen LogP contribution in [0.15, 0.2) is 0 Å². The van der Waals surface area contributed by atoms with Gasteiger partial charge < -0.3 is 5.73 Å². The fraction of sp³-hybridized carbons (Fsp3) is 1.00. The van der Waals surface area contributed by atoms with Crippen molar-refractivity contribution in [2.75, 3.05) is 18.1 Å². The van der Waals surface area contributed by atoms with Crippen LogP contribution in [0.4, 0.5) is 0 Å². The molecule has 0 radical (unpaired) electrons. The summed E-state index contributed by atoms with van der Waals surface area (Å²) in [5.41, 5.74) is 5.63. The summed E-state index contributed by atoms with van der Waals surface area (Å²) in [5.74, 6) is 0.903. The van der Waals surface area contributed by atoms with Crippen LogP contribution in [-0.2, 0) is 9.84 Å². The van der Waals surface area contributed by atoms with Gasteiger partial charge in [-0.1, -0.05) is 27.7 Å². The second-order valence-corrected chi connectivity index (χ2v) is 6.97. The van der Waals surface area contributed by atoms with Gasteiger partial charge in [0.25, 0.3) is 0 Å². The van der Waals surface area contributed by atoms with Crippen LogP contribution in [-0.4, -0.2) is 26.5 Å². The van der Waals surface area contributed by atoms with Gasteiger partial charge in [0, 0.05) is 5.75 Å². The molecule has 4 heteroatoms. The highest BCUT2D eigenvalue weighted by molar-refractivity contribution is 7.91. The second-order valence-electron chi connectivity index (χ2n) is 4.50. The molecule has 0 bridgehead atoms. The van der Waals surface area contributed by atoms with Crippen LogP contribution in [0.2, 0.25) is 0 Å². The summed E-state index contributed by atoms with van der Waals surface area (Å²) in [4.78, 5) is 0. The first-order valence-electron chi connectivity index (χ1n) is 5.18. The zero-order chi connectivity index (χ0) is 11.4. The van der Waals surface area contributed by atoms with E-state index in [0.717, 1.165) is 0 Å². The normalized spacial score (nSPS) is 17.0. The first kappa shape index (κ1) is 13.9. The Morgan fingerprint density at radius 1 is 1.36 bits per heavy atom. The molecule has 0 aromatic heterocycles. The van der Waals surface area contributed by atoms with E-state index in [0.29, 0.717) is 18.9 Å². The Kier molecular flexibility index (Phi) is 5.09. The largest absolute Gasteiger partial charge is 0.330 e. The average Bonchev–Trinajstić information content (AvgIpc) is 2.14. The third-order valence-corrected chi connectivity index (χ3v) is 4.99. The number of nitrogens with two attached hydrogens (primary N) is 1. The molecule has 0 fully saturated rings. The van der Waals surface area contributed by atoms with Crippen molar-refractivity contribution in [1.82, 2.24) is 0 Å². The van der Waals surface area contributed by atoms with E-state index >= 15 is 0 Å². The van der Waals surface area contributed by atoms with Gasteiger partial charge in [0.1, 0.15) is 9.84 Å². The topological polar surface area (TPSA) is 60.2 Å². The molecule has 2 N–H and O–H groups in total. The standard InChI is InChI=1S/C10H23NO2S/c1-5-14(12,13)7-6-10(4,8-11)9(2)3/h9H,5-8,11H2,1-4H3. The van der Waals surface area contributed by atoms with Crippen molar-refractivity contribution in [1.29, 1.82) is 0 Å². The Hall–Kier alpha value is -0.0900. The van der Waals surface area contributed by atoms with Crippen LogP contribution in [0.3, 0.4) is 0 Å². The summed E-state index contributed by atoms with van der Waals surface area (Å²) in [5, 5.41) is 0. The summed E-state index contributed by atoms with van der Waals surface area (Å²) in [7, 11) is -2.85. The Balaban J connectivity index is 4.36. The molecule has 0 aromatic carbocycles. The number of hydrogen-bond acceptors (Lipinski definition) is 3. The zero-order valence-corrected chi connectivity index (χ0v) is 10.5. The highest BCUT2D eigenvalue weighted by Crippen LogP contribution is 2.30. The zero-order valence-electron chi connectivity index (χ0n) is 9.71. The number of hydrogen-bond donors (Lipinski definition) is 1. The summed E-state index contributed by atoms with van der Waals surface area (Å²) in [6.07, 6.45) is 0.664. The van der Waals surface area contributed by atoms with Crippen LogP contribution in [0.25, 0.3) is 0 Å². The smallest absolute Gasteiger partial charge is 0.150 e. The van der Waals surface area contributed by atoms with Crippen molar-refractivity contribution in [2.45, 2.75) is 34.1 Å². The van der Waals surface area contributed by atoms with Crippen molar-refractivity contribution in [3.05, 3.63) is 0 Å². The molecule has 0 heterocycles. The fourth-order valence-corrected chi connectivity index (χ4v) is 2.23. The number of sulfone groups is 1. The number of rotatable bonds is 6. The second kappa shape index (κ2) is 5.12. The van der Waals surface area contributed by atoms with Crippen molar-refractivity contribution in [3.63, 3.8) is 0 Å². The Morgan fingerprint density at radius 3 is 2.14 bits per heavy atom. The van der Waals surface area contributed by atoms with Crippen LogP contribution in [0, 0.1) is 11.3 Å². The third kappa shape index (κ3) is 3.96. The van der Waals surface area contributed by atoms with E-state index in [1.165, 1.54) is 0 Å². The predicted molar refractivity (Wildman–Crippen MR) is 60.9 cm³/mol. The lowest BCUT2D eigenvalue weighted by Gasteiger charge is -2.32. The molecule has 3 nitrogen and oxygen atoms in total. The molecular formula is C10H23NO2S. The van der Waals surface area contributed by atoms with Gasteiger partial charge in [0.2, 0.25) is 0 Å². The van der Waals surface area contributed by atoms with Gasteiger partial charge in [-0.2, -0.15) is 0 Å². The molecule has 14 heavy (non-hydrogen) atoms. The van der Waals surface area contributed by atoms with E-state index in [-0.39, 0.29) is 16.9 Å². The van der Waals surface area contributed by atoms with Crippen LogP contribution < -0.4 is 5.73 Å². The van der Waals surface area contributed by atoms with Gasteiger partial charge in [-0.15, -0.1) is 0 Å². The molecule has 1 atom stereocenters. The summed E-state index contributed by atoms with van der Waals surface area (Å²) in [6.45, 7) is 8.47. The van der Waals surface area contributed by atoms with Crippen LogP contribution in [0.1, 0.15) is 34.1 Å². The highest BCUT2D eigenvalue weighted by atomic mass is 32.2. The molecule has 0 aromatic rings. The van der Waals surface area contributed by atoms with Crippen molar-refractivity contribution >= 4 is 9.84 Å². The minimum Gasteiger partial charge on any atom is -0.330 e. The molecule has 0 aliphatic heterocycles. The Labute approximate surface area is 88.0 Å². The average molecular weight is 221 g/mol. The molecular weight excluding hydrogens is 198 g/mol. The first-order chi connectivity index (χ1) is 6.27. The van der Waals surface area contributed by atoms with Gasteiger partial charge in [-0.05, 0) is 24.3 Å². The monoisotopic (exact) mass is 221 g/mol. The Morgan fingerprint density at radius 2 is 1.86 bits per heavy atom. The molecule has 86 valence electrons. The fourth-order valence-electron chi connectivity index (χ4n) is 1.16. The molecule has 0 aliphatic rings. The highest BCUT2D eigenvalue weighted by Gasteiger charge is 2.28. The van der Waals surface area contributed by atoms with Gasteiger partial charge >= 0.3 is 0 Å². The van der Waals surface area contributed by atoms with E-state index in [1.807, 2.05) is 0 Å². The molecule has 0 saturated carbocycles. The summed E-state index contributed by atoms with van der Waals surface area (Å²) >= 11 is 0. The third-order valence-electron chi connectivity index (χ3n) is 3.28. The minimum atomic E-state index is -2.85. The van der Waals surface area contributed by atoms with Gasteiger partial charge in [0.15, 0.2) is 0 Å². The van der Waals surface area contributed by atoms with Gasteiger partial charge in [-0.25, -0.2) is 8.42 Å². The van der Waals surface area contributed by atoms with Crippen molar-refractivity contribution < 1.29 is 8.42 Å². The lowest BCUT2D eigenvalue weighted by Crippen LogP contribution is -2.34. The predicted octanol–water partition coefficient (Wildman–Crippen LogP) is 1.43. The first-order valence-corrected chi connectivity index (χ1v) is 7.00. The lowest BCUT2D eigenvalue weighted by atomic mass is 9.77. The Bertz CT molecular complexity index is 259. The maximum atomic E-state index is 11.3. The van der Waals surface area contributed by atoms with Crippen molar-refractivity contribution in [2.24, 2.45) is 17.1 Å². The molecule has 0 aliphatic carbocycles. The lowest BCUT2D eigenvalue weighted by molar-refractivity contribution is 0.221. The van der Waals surface area contributed by atoms with Gasteiger partial charge in [0.05, 0.1) is 5.75 Å². The summed E-state index contributed by atoms with van der Waals surface area (Å²) < 4.78 is 22.7. The molecule has 0 amide bonds. The van der Waals surface area contributed by atoms with E-state index in [9.17, 15) is 8.42 Å². The van der Waals surface area contributed by atoms with Crippen LogP contribution in [0.5, 0.6) is 0 Å². The quantitative estimate of drug-likeness (QED) is 0.738. The maximum absolute atomic E-state index is 11.3. The SMILES string of the molecule is CCS(=O)(=O)CCC(C)(CN)C(C)C. The van der Waals surface area contributed by atoms with E-state index in [2.05, 4.69) is 20.8 Å². The molecule has 0 saturated heterocycles. The maximum Gasteiger partial charge on any atom is 0.150 e.